The number of rotatable bonds is 6. The molecule has 0 bridgehead atoms. The highest BCUT2D eigenvalue weighted by molar-refractivity contribution is 7.13. The Morgan fingerprint density at radius 2 is 1.96 bits per heavy atom. The van der Waals surface area contributed by atoms with E-state index in [2.05, 4.69) is 54.2 Å². The summed E-state index contributed by atoms with van der Waals surface area (Å²) >= 11 is 0. The van der Waals surface area contributed by atoms with Crippen molar-refractivity contribution in [2.75, 3.05) is 33.3 Å². The second kappa shape index (κ2) is 11.0. The maximum absolute atomic E-state index is 11.2. The van der Waals surface area contributed by atoms with Crippen LogP contribution in [0.5, 0.6) is 0 Å². The van der Waals surface area contributed by atoms with Crippen LogP contribution in [0.3, 0.4) is 0 Å². The molecule has 1 fully saturated rings. The molecule has 1 aliphatic rings. The predicted octanol–water partition coefficient (Wildman–Crippen LogP) is 3.50. The number of aryl methyl sites for hydroxylation is 1. The number of nitrogens with zero attached hydrogens (tertiary/aromatic N) is 2. The molecule has 1 aromatic rings. The van der Waals surface area contributed by atoms with Crippen LogP contribution in [0.4, 0.5) is 4.79 Å². The molecule has 1 heterocycles. The number of benzene rings is 1. The van der Waals surface area contributed by atoms with Crippen LogP contribution in [0, 0.1) is 6.92 Å². The number of ether oxygens (including phenoxy) is 2. The Bertz CT molecular complexity index is 482. The van der Waals surface area contributed by atoms with E-state index in [9.17, 15) is 4.79 Å². The van der Waals surface area contributed by atoms with Gasteiger partial charge >= 0.3 is 6.16 Å². The molecule has 1 aliphatic heterocycles. The lowest BCUT2D eigenvalue weighted by atomic mass is 9.96. The summed E-state index contributed by atoms with van der Waals surface area (Å²) in [5, 5.41) is 0. The first-order valence-corrected chi connectivity index (χ1v) is 9.22. The Labute approximate surface area is 150 Å². The largest absolute Gasteiger partial charge is 0.508 e. The van der Waals surface area contributed by atoms with Crippen LogP contribution < -0.4 is 0 Å². The lowest BCUT2D eigenvalue weighted by Gasteiger charge is -2.48. The summed E-state index contributed by atoms with van der Waals surface area (Å²) in [6.45, 7) is 7.41. The summed E-state index contributed by atoms with van der Waals surface area (Å²) in [5.74, 6) is 0. The van der Waals surface area contributed by atoms with Gasteiger partial charge in [-0.2, -0.15) is 0 Å². The molecule has 136 valence electrons. The van der Waals surface area contributed by atoms with E-state index in [4.69, 9.17) is 4.74 Å². The van der Waals surface area contributed by atoms with Gasteiger partial charge in [-0.15, -0.1) is 0 Å². The van der Waals surface area contributed by atoms with E-state index < -0.39 is 11.8 Å². The lowest BCUT2D eigenvalue weighted by Crippen LogP contribution is -2.64. The third-order valence-corrected chi connectivity index (χ3v) is 4.49. The molecule has 0 aliphatic carbocycles. The van der Waals surface area contributed by atoms with Crippen LogP contribution in [0.15, 0.2) is 30.3 Å². The number of carbonyl (C=O) groups excluding carboxylic acids is 1. The second-order valence-electron chi connectivity index (χ2n) is 6.12. The van der Waals surface area contributed by atoms with E-state index in [1.54, 1.807) is 0 Å². The van der Waals surface area contributed by atoms with E-state index in [0.717, 1.165) is 39.0 Å². The Morgan fingerprint density at radius 1 is 1.33 bits per heavy atom. The van der Waals surface area contributed by atoms with Crippen molar-refractivity contribution in [3.05, 3.63) is 35.9 Å². The number of carbonyl (C=O) groups is 1. The fourth-order valence-electron chi connectivity index (χ4n) is 2.45. The van der Waals surface area contributed by atoms with Crippen molar-refractivity contribution in [2.45, 2.75) is 32.3 Å². The predicted molar refractivity (Wildman–Crippen MR) is 105 cm³/mol. The molecule has 2 atom stereocenters. The number of hydrogen-bond donors (Lipinski definition) is 0. The minimum Gasteiger partial charge on any atom is -0.438 e. The second-order valence-corrected chi connectivity index (χ2v) is 7.58. The summed E-state index contributed by atoms with van der Waals surface area (Å²) in [5.41, 5.74) is 0.896. The Kier molecular flexibility index (Phi) is 9.76. The van der Waals surface area contributed by atoms with Gasteiger partial charge in [-0.25, -0.2) is 4.79 Å². The van der Waals surface area contributed by atoms with Crippen LogP contribution in [-0.2, 0) is 9.47 Å². The summed E-state index contributed by atoms with van der Waals surface area (Å²) in [4.78, 5) is 11.2. The van der Waals surface area contributed by atoms with Crippen molar-refractivity contribution >= 4 is 24.9 Å². The van der Waals surface area contributed by atoms with Crippen LogP contribution in [0.2, 0.25) is 0 Å². The average molecular weight is 372 g/mol. The van der Waals surface area contributed by atoms with E-state index in [-0.39, 0.29) is 0 Å². The van der Waals surface area contributed by atoms with Gasteiger partial charge in [0.1, 0.15) is 0 Å². The summed E-state index contributed by atoms with van der Waals surface area (Å²) in [6, 6.07) is 10.3. The van der Waals surface area contributed by atoms with E-state index >= 15 is 0 Å². The monoisotopic (exact) mass is 372 g/mol. The highest BCUT2D eigenvalue weighted by atomic mass is 31.0. The Balaban J connectivity index is 0.000000341. The minimum absolute atomic E-state index is 0.426. The van der Waals surface area contributed by atoms with Crippen molar-refractivity contribution in [3.8, 4) is 0 Å². The van der Waals surface area contributed by atoms with Gasteiger partial charge in [0, 0.05) is 26.2 Å². The van der Waals surface area contributed by atoms with E-state index in [1.807, 2.05) is 22.9 Å². The van der Waals surface area contributed by atoms with Crippen LogP contribution in [0.1, 0.15) is 25.3 Å². The van der Waals surface area contributed by atoms with Gasteiger partial charge < -0.3 is 9.47 Å². The van der Waals surface area contributed by atoms with Gasteiger partial charge in [0.25, 0.3) is 0 Å². The van der Waals surface area contributed by atoms with Crippen LogP contribution >= 0.6 is 18.8 Å². The topological polar surface area (TPSA) is 42.0 Å². The quantitative estimate of drug-likeness (QED) is 0.565. The van der Waals surface area contributed by atoms with Gasteiger partial charge in [-0.3, -0.25) is 9.34 Å². The SMILES string of the molecule is CCCCN(P)CC1(OC(=O)OC)CN(P)C1.Cc1ccccc1. The smallest absolute Gasteiger partial charge is 0.438 e. The third-order valence-electron chi connectivity index (χ3n) is 3.68. The molecule has 7 heteroatoms. The molecule has 1 aromatic carbocycles. The van der Waals surface area contributed by atoms with Gasteiger partial charge in [-0.05, 0) is 13.3 Å². The molecule has 0 spiro atoms. The molecule has 1 saturated heterocycles. The van der Waals surface area contributed by atoms with Gasteiger partial charge in [0.2, 0.25) is 0 Å². The average Bonchev–Trinajstić information content (AvgIpc) is 2.52. The van der Waals surface area contributed by atoms with Gasteiger partial charge in [0.15, 0.2) is 5.60 Å². The molecular formula is C17H30N2O3P2. The van der Waals surface area contributed by atoms with E-state index in [1.165, 1.54) is 12.7 Å². The Morgan fingerprint density at radius 3 is 2.38 bits per heavy atom. The van der Waals surface area contributed by atoms with E-state index in [0.29, 0.717) is 0 Å². The number of hydrogen-bond acceptors (Lipinski definition) is 5. The van der Waals surface area contributed by atoms with Crippen LogP contribution in [-0.4, -0.2) is 54.4 Å². The zero-order valence-electron chi connectivity index (χ0n) is 14.9. The minimum atomic E-state index is -0.600. The lowest BCUT2D eigenvalue weighted by molar-refractivity contribution is -0.0944. The first-order chi connectivity index (χ1) is 11.4. The molecule has 24 heavy (non-hydrogen) atoms. The number of unbranched alkanes of at least 4 members (excludes halogenated alkanes) is 1. The van der Waals surface area contributed by atoms with Crippen molar-refractivity contribution in [1.82, 2.24) is 9.34 Å². The zero-order valence-corrected chi connectivity index (χ0v) is 17.2. The van der Waals surface area contributed by atoms with Crippen molar-refractivity contribution < 1.29 is 14.3 Å². The van der Waals surface area contributed by atoms with Gasteiger partial charge in [0.05, 0.1) is 7.11 Å². The molecule has 5 nitrogen and oxygen atoms in total. The highest BCUT2D eigenvalue weighted by Crippen LogP contribution is 2.30. The standard InChI is InChI=1S/C10H22N2O3P2.C7H8/c1-3-4-5-11(16)6-10(7-12(17)8-10)15-9(13)14-2;1-7-5-3-2-4-6-7/h3-8,16-17H2,1-2H3;2-6H,1H3. The molecule has 0 aromatic heterocycles. The summed E-state index contributed by atoms with van der Waals surface area (Å²) in [7, 11) is 6.65. The van der Waals surface area contributed by atoms with Crippen molar-refractivity contribution in [3.63, 3.8) is 0 Å². The molecule has 0 saturated carbocycles. The van der Waals surface area contributed by atoms with Gasteiger partial charge in [-0.1, -0.05) is 68.0 Å². The highest BCUT2D eigenvalue weighted by Gasteiger charge is 2.46. The van der Waals surface area contributed by atoms with Crippen LogP contribution in [0.25, 0.3) is 0 Å². The molecule has 0 N–H and O–H groups in total. The molecule has 0 amide bonds. The molecular weight excluding hydrogens is 342 g/mol. The summed E-state index contributed by atoms with van der Waals surface area (Å²) < 4.78 is 14.1. The fraction of sp³-hybridized carbons (Fsp3) is 0.588. The number of methoxy groups -OCH3 is 1. The summed E-state index contributed by atoms with van der Waals surface area (Å²) in [6.07, 6.45) is 1.70. The first kappa shape index (κ1) is 21.3. The zero-order chi connectivity index (χ0) is 18.0. The van der Waals surface area contributed by atoms with Crippen molar-refractivity contribution in [2.24, 2.45) is 0 Å². The normalized spacial score (nSPS) is 15.9. The van der Waals surface area contributed by atoms with Crippen molar-refractivity contribution in [1.29, 1.82) is 0 Å². The molecule has 2 rings (SSSR count). The fourth-order valence-corrected chi connectivity index (χ4v) is 3.63. The Hall–Kier alpha value is -0.730. The maximum atomic E-state index is 11.2. The molecule has 0 radical (unpaired) electrons. The first-order valence-electron chi connectivity index (χ1n) is 8.18. The molecule has 2 unspecified atom stereocenters. The maximum Gasteiger partial charge on any atom is 0.508 e. The third kappa shape index (κ3) is 7.90.